The fourth-order valence-electron chi connectivity index (χ4n) is 8.46. The molecule has 0 spiro atoms. The zero-order valence-electron chi connectivity index (χ0n) is 44.9. The molecule has 0 heterocycles. The van der Waals surface area contributed by atoms with Gasteiger partial charge in [0.15, 0.2) is 6.10 Å². The fraction of sp³-hybridized carbons (Fsp3) is 0.397. The first-order valence-corrected chi connectivity index (χ1v) is 27.6. The topological polar surface area (TPSA) is 297 Å². The van der Waals surface area contributed by atoms with Crippen molar-refractivity contribution < 1.29 is 86.2 Å². The van der Waals surface area contributed by atoms with E-state index >= 15 is 0 Å². The molecular weight excluding hydrogens is 1060 g/mol. The largest absolute Gasteiger partial charge is 0.490 e. The van der Waals surface area contributed by atoms with Crippen molar-refractivity contribution in [3.63, 3.8) is 0 Å². The van der Waals surface area contributed by atoms with Crippen LogP contribution in [0.2, 0.25) is 0 Å². The van der Waals surface area contributed by atoms with Gasteiger partial charge in [-0.15, -0.1) is 0 Å². The molecule has 5 aromatic rings. The van der Waals surface area contributed by atoms with Crippen molar-refractivity contribution in [2.24, 2.45) is 0 Å². The Morgan fingerprint density at radius 2 is 0.900 bits per heavy atom. The molecule has 21 nitrogen and oxygen atoms in total. The summed E-state index contributed by atoms with van der Waals surface area (Å²) in [7, 11) is -4.85. The van der Waals surface area contributed by atoms with Crippen LogP contribution in [0.3, 0.4) is 0 Å². The maximum Gasteiger partial charge on any atom is 0.317 e. The number of hydrogen-bond acceptors (Lipinski definition) is 15. The van der Waals surface area contributed by atoms with E-state index in [1.54, 1.807) is 48.5 Å². The normalized spacial score (nSPS) is 12.2. The third-order valence-electron chi connectivity index (χ3n) is 12.5. The lowest BCUT2D eigenvalue weighted by Crippen LogP contribution is -2.51. The van der Waals surface area contributed by atoms with Crippen LogP contribution in [-0.4, -0.2) is 161 Å². The molecule has 0 saturated carbocycles. The molecule has 0 aliphatic rings. The van der Waals surface area contributed by atoms with Crippen LogP contribution >= 0.6 is 0 Å². The van der Waals surface area contributed by atoms with Crippen molar-refractivity contribution in [2.75, 3.05) is 65.6 Å². The number of unbranched alkanes of at least 4 members (excludes halogenated alkanes) is 2. The van der Waals surface area contributed by atoms with Gasteiger partial charge in [0.25, 0.3) is 10.1 Å². The van der Waals surface area contributed by atoms with E-state index in [9.17, 15) is 62.5 Å². The molecule has 22 heteroatoms. The summed E-state index contributed by atoms with van der Waals surface area (Å²) in [6.45, 7) is 0.292. The molecule has 6 N–H and O–H groups in total. The number of rotatable bonds is 39. The van der Waals surface area contributed by atoms with E-state index in [1.807, 2.05) is 36.4 Å². The van der Waals surface area contributed by atoms with Crippen molar-refractivity contribution >= 4 is 40.0 Å². The van der Waals surface area contributed by atoms with Crippen molar-refractivity contribution in [3.8, 4) is 28.7 Å². The minimum Gasteiger partial charge on any atom is -0.490 e. The number of nitrogens with zero attached hydrogens (tertiary/aromatic N) is 3. The first kappa shape index (κ1) is 63.1. The lowest BCUT2D eigenvalue weighted by molar-refractivity contribution is -0.144. The average molecular weight is 1130 g/mol. The second-order valence-electron chi connectivity index (χ2n) is 19.2. The standard InChI is InChI=1S/C58H71N3O18S/c1-3-5-7-41-9-13-44(14-10-41)37-75-47-21-23-48(24-22-47)77-39-51(40-78-52-26-25-50(30-53(52)80(72,73)74)76-38-45-15-11-42(12-16-45)8-6-4-2)79-49-19-17-43(18-20-49)29-46(61(35-57(68)69)36-58(70)71)31-59(32-54(62)63)27-28-60(33-55(64)65)34-56(66)67/h9-26,30,46,51H,3-8,27-29,31-40H2,1-2H3,(H,62,63)(H,64,65)(H,66,67)(H,68,69)(H,70,71)(H,72,73,74). The fourth-order valence-corrected chi connectivity index (χ4v) is 9.11. The monoisotopic (exact) mass is 1130 g/mol. The first-order valence-electron chi connectivity index (χ1n) is 26.2. The molecule has 0 aliphatic carbocycles. The van der Waals surface area contributed by atoms with Crippen LogP contribution in [-0.2, 0) is 66.6 Å². The minimum absolute atomic E-state index is 0.0188. The van der Waals surface area contributed by atoms with Crippen LogP contribution in [0.15, 0.2) is 120 Å². The van der Waals surface area contributed by atoms with Crippen LogP contribution in [0.4, 0.5) is 0 Å². The van der Waals surface area contributed by atoms with E-state index in [1.165, 1.54) is 28.2 Å². The van der Waals surface area contributed by atoms with Crippen molar-refractivity contribution in [1.29, 1.82) is 0 Å². The highest BCUT2D eigenvalue weighted by Gasteiger charge is 2.28. The maximum absolute atomic E-state index is 12.8. The average Bonchev–Trinajstić information content (AvgIpc) is 3.41. The van der Waals surface area contributed by atoms with Gasteiger partial charge in [0.05, 0.1) is 32.7 Å². The smallest absolute Gasteiger partial charge is 0.317 e. The molecule has 80 heavy (non-hydrogen) atoms. The third-order valence-corrected chi connectivity index (χ3v) is 13.4. The number of hydrogen-bond donors (Lipinski definition) is 6. The van der Waals surface area contributed by atoms with Gasteiger partial charge < -0.3 is 49.2 Å². The van der Waals surface area contributed by atoms with Gasteiger partial charge in [-0.05, 0) is 108 Å². The van der Waals surface area contributed by atoms with Gasteiger partial charge in [-0.2, -0.15) is 8.42 Å². The van der Waals surface area contributed by atoms with E-state index in [2.05, 4.69) is 26.0 Å². The van der Waals surface area contributed by atoms with Gasteiger partial charge in [0, 0.05) is 31.7 Å². The molecule has 5 aromatic carbocycles. The molecule has 2 atom stereocenters. The summed E-state index contributed by atoms with van der Waals surface area (Å²) in [5.74, 6) is -5.39. The van der Waals surface area contributed by atoms with Crippen LogP contribution in [0.1, 0.15) is 67.3 Å². The van der Waals surface area contributed by atoms with Gasteiger partial charge in [-0.1, -0.05) is 87.4 Å². The Morgan fingerprint density at radius 1 is 0.487 bits per heavy atom. The van der Waals surface area contributed by atoms with Crippen molar-refractivity contribution in [3.05, 3.63) is 143 Å². The molecule has 5 rings (SSSR count). The number of ether oxygens (including phenoxy) is 5. The Hall–Kier alpha value is -7.76. The first-order chi connectivity index (χ1) is 38.2. The quantitative estimate of drug-likeness (QED) is 0.0218. The second kappa shape index (κ2) is 32.3. The molecule has 0 fully saturated rings. The van der Waals surface area contributed by atoms with Gasteiger partial charge in [0.2, 0.25) is 0 Å². The molecule has 0 aliphatic heterocycles. The number of carboxylic acid groups (broad SMARTS) is 5. The summed E-state index contributed by atoms with van der Waals surface area (Å²) in [5, 5.41) is 48.0. The van der Waals surface area contributed by atoms with Gasteiger partial charge in [-0.25, -0.2) is 0 Å². The summed E-state index contributed by atoms with van der Waals surface area (Å²) in [6, 6.07) is 32.6. The highest BCUT2D eigenvalue weighted by Crippen LogP contribution is 2.30. The van der Waals surface area contributed by atoms with Crippen LogP contribution in [0.25, 0.3) is 0 Å². The van der Waals surface area contributed by atoms with E-state index in [4.69, 9.17) is 23.7 Å². The number of aliphatic carboxylic acids is 5. The highest BCUT2D eigenvalue weighted by molar-refractivity contribution is 7.86. The van der Waals surface area contributed by atoms with E-state index in [0.29, 0.717) is 23.7 Å². The Labute approximate surface area is 465 Å². The van der Waals surface area contributed by atoms with Crippen molar-refractivity contribution in [1.82, 2.24) is 14.7 Å². The summed E-state index contributed by atoms with van der Waals surface area (Å²) in [6.07, 6.45) is 5.36. The van der Waals surface area contributed by atoms with E-state index in [0.717, 1.165) is 65.5 Å². The predicted octanol–water partition coefficient (Wildman–Crippen LogP) is 6.92. The van der Waals surface area contributed by atoms with Gasteiger partial charge in [-0.3, -0.25) is 43.2 Å². The summed E-state index contributed by atoms with van der Waals surface area (Å²) < 4.78 is 66.4. The zero-order valence-corrected chi connectivity index (χ0v) is 45.7. The van der Waals surface area contributed by atoms with E-state index < -0.39 is 89.7 Å². The molecule has 0 bridgehead atoms. The Bertz CT molecular complexity index is 2840. The lowest BCUT2D eigenvalue weighted by atomic mass is 10.0. The summed E-state index contributed by atoms with van der Waals surface area (Å²) in [4.78, 5) is 62.0. The predicted molar refractivity (Wildman–Crippen MR) is 293 cm³/mol. The number of carbonyl (C=O) groups is 5. The second-order valence-corrected chi connectivity index (χ2v) is 20.5. The number of carboxylic acids is 5. The van der Waals surface area contributed by atoms with Gasteiger partial charge >= 0.3 is 29.8 Å². The summed E-state index contributed by atoms with van der Waals surface area (Å²) in [5.41, 5.74) is 4.86. The van der Waals surface area contributed by atoms with Crippen LogP contribution < -0.4 is 23.7 Å². The third kappa shape index (κ3) is 23.3. The molecular formula is C58H71N3O18S. The molecule has 2 unspecified atom stereocenters. The number of benzene rings is 5. The Kier molecular flexibility index (Phi) is 25.5. The molecule has 432 valence electrons. The van der Waals surface area contributed by atoms with Crippen LogP contribution in [0, 0.1) is 0 Å². The number of aryl methyl sites for hydroxylation is 2. The highest BCUT2D eigenvalue weighted by atomic mass is 32.2. The molecule has 0 saturated heterocycles. The lowest BCUT2D eigenvalue weighted by Gasteiger charge is -2.34. The zero-order chi connectivity index (χ0) is 58.0. The molecule has 0 radical (unpaired) electrons. The van der Waals surface area contributed by atoms with E-state index in [-0.39, 0.29) is 63.1 Å². The minimum atomic E-state index is -4.85. The maximum atomic E-state index is 12.8. The Balaban J connectivity index is 1.36. The van der Waals surface area contributed by atoms with Crippen molar-refractivity contribution in [2.45, 2.75) is 89.0 Å². The molecule has 0 amide bonds. The summed E-state index contributed by atoms with van der Waals surface area (Å²) >= 11 is 0. The SMILES string of the molecule is CCCCc1ccc(COc2ccc(OCC(COc3ccc(OCc4ccc(CCCC)cc4)cc3S(=O)(=O)O)Oc3ccc(CC(CN(CCN(CC(=O)O)CC(=O)O)CC(=O)O)N(CC(=O)O)CC(=O)O)cc3)cc2)cc1. The van der Waals surface area contributed by atoms with Gasteiger partial charge in [0.1, 0.15) is 60.1 Å². The van der Waals surface area contributed by atoms with Crippen LogP contribution in [0.5, 0.6) is 28.7 Å². The molecule has 0 aromatic heterocycles. The Morgan fingerprint density at radius 3 is 1.39 bits per heavy atom.